The Hall–Kier alpha value is -1.80. The van der Waals surface area contributed by atoms with E-state index in [0.717, 1.165) is 34.4 Å². The normalized spacial score (nSPS) is 20.4. The molecule has 0 amide bonds. The fraction of sp³-hybridized carbons (Fsp3) is 0.368. The number of fused-ring (bicyclic) bond motifs is 1. The molecule has 0 bridgehead atoms. The first-order valence-electron chi connectivity index (χ1n) is 7.44. The van der Waals surface area contributed by atoms with Gasteiger partial charge in [-0.3, -0.25) is 0 Å². The van der Waals surface area contributed by atoms with Crippen LogP contribution in [0.25, 0.3) is 0 Å². The standard InChI is InChI=1S/C19H22O2/c1-12-5-6-15-7-8-19(20,16(15)10-12)18-14(3)9-13(2)11-17(18)21-4/h5-6,9-11,20H,7-8H2,1-4H3. The van der Waals surface area contributed by atoms with E-state index in [9.17, 15) is 5.11 Å². The van der Waals surface area contributed by atoms with Crippen LogP contribution in [0, 0.1) is 20.8 Å². The van der Waals surface area contributed by atoms with Gasteiger partial charge in [0, 0.05) is 5.56 Å². The van der Waals surface area contributed by atoms with E-state index >= 15 is 0 Å². The minimum Gasteiger partial charge on any atom is -0.496 e. The minimum absolute atomic E-state index is 0.714. The Bertz CT molecular complexity index is 703. The molecule has 21 heavy (non-hydrogen) atoms. The molecule has 1 N–H and O–H groups in total. The van der Waals surface area contributed by atoms with Crippen molar-refractivity contribution in [1.82, 2.24) is 0 Å². The number of ether oxygens (including phenoxy) is 1. The van der Waals surface area contributed by atoms with Crippen molar-refractivity contribution in [2.24, 2.45) is 0 Å². The molecule has 110 valence electrons. The molecule has 0 fully saturated rings. The zero-order valence-corrected chi connectivity index (χ0v) is 13.2. The van der Waals surface area contributed by atoms with E-state index < -0.39 is 5.60 Å². The van der Waals surface area contributed by atoms with Crippen LogP contribution in [0.2, 0.25) is 0 Å². The maximum Gasteiger partial charge on any atom is 0.125 e. The number of hydrogen-bond donors (Lipinski definition) is 1. The molecule has 0 saturated heterocycles. The van der Waals surface area contributed by atoms with Crippen LogP contribution in [0.4, 0.5) is 0 Å². The lowest BCUT2D eigenvalue weighted by Gasteiger charge is -2.29. The molecule has 1 aliphatic rings. The molecule has 1 atom stereocenters. The fourth-order valence-corrected chi connectivity index (χ4v) is 3.62. The van der Waals surface area contributed by atoms with Crippen molar-refractivity contribution < 1.29 is 9.84 Å². The van der Waals surface area contributed by atoms with Gasteiger partial charge in [0.15, 0.2) is 0 Å². The first-order chi connectivity index (χ1) is 9.95. The van der Waals surface area contributed by atoms with Gasteiger partial charge in [0.25, 0.3) is 0 Å². The molecule has 1 unspecified atom stereocenters. The Kier molecular flexibility index (Phi) is 3.29. The van der Waals surface area contributed by atoms with Crippen molar-refractivity contribution in [3.63, 3.8) is 0 Å². The van der Waals surface area contributed by atoms with Crippen molar-refractivity contribution in [2.75, 3.05) is 7.11 Å². The Labute approximate surface area is 126 Å². The van der Waals surface area contributed by atoms with Crippen LogP contribution in [0.3, 0.4) is 0 Å². The third-order valence-corrected chi connectivity index (χ3v) is 4.54. The van der Waals surface area contributed by atoms with E-state index in [2.05, 4.69) is 45.0 Å². The summed E-state index contributed by atoms with van der Waals surface area (Å²) >= 11 is 0. The molecule has 2 aromatic carbocycles. The Morgan fingerprint density at radius 2 is 1.81 bits per heavy atom. The molecule has 0 radical (unpaired) electrons. The van der Waals surface area contributed by atoms with Crippen LogP contribution in [-0.4, -0.2) is 12.2 Å². The molecule has 0 aliphatic heterocycles. The van der Waals surface area contributed by atoms with Gasteiger partial charge in [0.2, 0.25) is 0 Å². The second kappa shape index (κ2) is 4.88. The molecule has 1 aliphatic carbocycles. The Morgan fingerprint density at radius 3 is 2.52 bits per heavy atom. The summed E-state index contributed by atoms with van der Waals surface area (Å²) in [7, 11) is 1.67. The summed E-state index contributed by atoms with van der Waals surface area (Å²) in [5.74, 6) is 0.782. The molecule has 0 aromatic heterocycles. The first kappa shape index (κ1) is 14.2. The highest BCUT2D eigenvalue weighted by atomic mass is 16.5. The molecule has 3 rings (SSSR count). The van der Waals surface area contributed by atoms with Gasteiger partial charge in [0.05, 0.1) is 7.11 Å². The van der Waals surface area contributed by atoms with Gasteiger partial charge in [0.1, 0.15) is 11.4 Å². The van der Waals surface area contributed by atoms with E-state index in [4.69, 9.17) is 4.74 Å². The molecular weight excluding hydrogens is 260 g/mol. The number of rotatable bonds is 2. The van der Waals surface area contributed by atoms with Crippen LogP contribution in [0.1, 0.15) is 39.8 Å². The first-order valence-corrected chi connectivity index (χ1v) is 7.44. The average Bonchev–Trinajstić information content (AvgIpc) is 2.75. The van der Waals surface area contributed by atoms with E-state index in [1.165, 1.54) is 11.1 Å². The van der Waals surface area contributed by atoms with Gasteiger partial charge in [-0.25, -0.2) is 0 Å². The number of hydrogen-bond acceptors (Lipinski definition) is 2. The van der Waals surface area contributed by atoms with Gasteiger partial charge in [-0.15, -0.1) is 0 Å². The molecule has 0 heterocycles. The van der Waals surface area contributed by atoms with Crippen molar-refractivity contribution in [3.8, 4) is 5.75 Å². The smallest absolute Gasteiger partial charge is 0.125 e. The minimum atomic E-state index is -0.940. The Balaban J connectivity index is 2.25. The highest BCUT2D eigenvalue weighted by Gasteiger charge is 2.41. The van der Waals surface area contributed by atoms with Crippen LogP contribution in [-0.2, 0) is 12.0 Å². The van der Waals surface area contributed by atoms with E-state index in [0.29, 0.717) is 6.42 Å². The number of aliphatic hydroxyl groups is 1. The van der Waals surface area contributed by atoms with Gasteiger partial charge >= 0.3 is 0 Å². The summed E-state index contributed by atoms with van der Waals surface area (Å²) in [5.41, 5.74) is 5.67. The summed E-state index contributed by atoms with van der Waals surface area (Å²) < 4.78 is 5.57. The highest BCUT2D eigenvalue weighted by Crippen LogP contribution is 2.47. The predicted octanol–water partition coefficient (Wildman–Crippen LogP) is 3.80. The average molecular weight is 282 g/mol. The maximum atomic E-state index is 11.4. The van der Waals surface area contributed by atoms with Crippen LogP contribution in [0.5, 0.6) is 5.75 Å². The fourth-order valence-electron chi connectivity index (χ4n) is 3.62. The lowest BCUT2D eigenvalue weighted by atomic mass is 9.83. The largest absolute Gasteiger partial charge is 0.496 e. The number of methoxy groups -OCH3 is 1. The summed E-state index contributed by atoms with van der Waals surface area (Å²) in [6.07, 6.45) is 1.62. The van der Waals surface area contributed by atoms with E-state index in [1.54, 1.807) is 7.11 Å². The maximum absolute atomic E-state index is 11.4. The molecule has 2 aromatic rings. The topological polar surface area (TPSA) is 29.5 Å². The predicted molar refractivity (Wildman–Crippen MR) is 85.0 cm³/mol. The summed E-state index contributed by atoms with van der Waals surface area (Å²) in [4.78, 5) is 0. The summed E-state index contributed by atoms with van der Waals surface area (Å²) in [6.45, 7) is 6.17. The summed E-state index contributed by atoms with van der Waals surface area (Å²) in [6, 6.07) is 10.5. The zero-order valence-electron chi connectivity index (χ0n) is 13.2. The van der Waals surface area contributed by atoms with Crippen LogP contribution in [0.15, 0.2) is 30.3 Å². The van der Waals surface area contributed by atoms with Crippen LogP contribution >= 0.6 is 0 Å². The molecule has 0 saturated carbocycles. The second-order valence-electron chi connectivity index (χ2n) is 6.18. The third kappa shape index (κ3) is 2.14. The zero-order chi connectivity index (χ0) is 15.2. The van der Waals surface area contributed by atoms with E-state index in [1.807, 2.05) is 6.07 Å². The highest BCUT2D eigenvalue weighted by molar-refractivity contribution is 5.55. The van der Waals surface area contributed by atoms with Gasteiger partial charge < -0.3 is 9.84 Å². The number of aryl methyl sites for hydroxylation is 4. The lowest BCUT2D eigenvalue weighted by molar-refractivity contribution is 0.0792. The van der Waals surface area contributed by atoms with Crippen molar-refractivity contribution in [1.29, 1.82) is 0 Å². The summed E-state index contributed by atoms with van der Waals surface area (Å²) in [5, 5.41) is 11.4. The monoisotopic (exact) mass is 282 g/mol. The SMILES string of the molecule is COc1cc(C)cc(C)c1C1(O)CCc2ccc(C)cc21. The molecule has 0 spiro atoms. The second-order valence-corrected chi connectivity index (χ2v) is 6.18. The third-order valence-electron chi connectivity index (χ3n) is 4.54. The molecule has 2 heteroatoms. The van der Waals surface area contributed by atoms with Crippen molar-refractivity contribution >= 4 is 0 Å². The number of benzene rings is 2. The van der Waals surface area contributed by atoms with E-state index in [-0.39, 0.29) is 0 Å². The van der Waals surface area contributed by atoms with Crippen LogP contribution < -0.4 is 4.74 Å². The quantitative estimate of drug-likeness (QED) is 0.907. The lowest BCUT2D eigenvalue weighted by Crippen LogP contribution is -2.26. The van der Waals surface area contributed by atoms with Gasteiger partial charge in [-0.1, -0.05) is 29.8 Å². The van der Waals surface area contributed by atoms with Gasteiger partial charge in [-0.05, 0) is 61.9 Å². The molecule has 2 nitrogen and oxygen atoms in total. The Morgan fingerprint density at radius 1 is 1.05 bits per heavy atom. The molecular formula is C19H22O2. The van der Waals surface area contributed by atoms with Gasteiger partial charge in [-0.2, -0.15) is 0 Å². The van der Waals surface area contributed by atoms with Crippen molar-refractivity contribution in [3.05, 3.63) is 63.7 Å². The van der Waals surface area contributed by atoms with Crippen molar-refractivity contribution in [2.45, 2.75) is 39.2 Å².